The number of hydrogen-bond acceptors (Lipinski definition) is 4. The van der Waals surface area contributed by atoms with Crippen LogP contribution in [0.5, 0.6) is 0 Å². The second-order valence-electron chi connectivity index (χ2n) is 6.63. The number of hydrogen-bond donors (Lipinski definition) is 1. The maximum Gasteiger partial charge on any atom is 0.319 e. The highest BCUT2D eigenvalue weighted by atomic mass is 32.2. The molecule has 3 aromatic rings. The van der Waals surface area contributed by atoms with Gasteiger partial charge in [0.1, 0.15) is 4.75 Å². The summed E-state index contributed by atoms with van der Waals surface area (Å²) in [6, 6.07) is 13.7. The summed E-state index contributed by atoms with van der Waals surface area (Å²) in [5, 5.41) is 20.5. The molecular weight excluding hydrogens is 344 g/mol. The van der Waals surface area contributed by atoms with Gasteiger partial charge in [-0.05, 0) is 61.5 Å². The minimum absolute atomic E-state index is 0.624. The molecule has 0 amide bonds. The molecule has 0 fully saturated rings. The highest BCUT2D eigenvalue weighted by Crippen LogP contribution is 2.37. The first-order valence-electron chi connectivity index (χ1n) is 8.13. The quantitative estimate of drug-likeness (QED) is 0.658. The molecule has 1 heterocycles. The molecule has 0 atom stereocenters. The molecule has 5 heteroatoms. The monoisotopic (exact) mass is 362 g/mol. The Morgan fingerprint density at radius 3 is 2.58 bits per heavy atom. The molecule has 0 saturated heterocycles. The smallest absolute Gasteiger partial charge is 0.319 e. The van der Waals surface area contributed by atoms with Crippen LogP contribution in [0, 0.1) is 18.3 Å². The van der Waals surface area contributed by atoms with Crippen LogP contribution >= 0.6 is 11.8 Å². The zero-order valence-electron chi connectivity index (χ0n) is 14.8. The maximum absolute atomic E-state index is 11.4. The van der Waals surface area contributed by atoms with E-state index in [0.29, 0.717) is 5.56 Å². The first kappa shape index (κ1) is 18.0. The topological polar surface area (TPSA) is 74.0 Å². The van der Waals surface area contributed by atoms with Crippen LogP contribution < -0.4 is 0 Å². The van der Waals surface area contributed by atoms with Crippen LogP contribution in [-0.2, 0) is 4.79 Å². The zero-order chi connectivity index (χ0) is 18.9. The van der Waals surface area contributed by atoms with Crippen molar-refractivity contribution in [1.29, 1.82) is 5.26 Å². The maximum atomic E-state index is 11.4. The molecule has 1 aromatic heterocycles. The summed E-state index contributed by atoms with van der Waals surface area (Å²) >= 11 is 1.32. The number of aliphatic carboxylic acids is 1. The average molecular weight is 362 g/mol. The van der Waals surface area contributed by atoms with Crippen molar-refractivity contribution in [2.24, 2.45) is 0 Å². The van der Waals surface area contributed by atoms with Crippen molar-refractivity contribution in [2.45, 2.75) is 30.4 Å². The number of nitriles is 1. The number of rotatable bonds is 4. The number of pyridine rings is 1. The van der Waals surface area contributed by atoms with Gasteiger partial charge in [0.25, 0.3) is 0 Å². The number of carboxylic acids is 1. The lowest BCUT2D eigenvalue weighted by atomic mass is 9.96. The van der Waals surface area contributed by atoms with E-state index in [9.17, 15) is 9.90 Å². The summed E-state index contributed by atoms with van der Waals surface area (Å²) in [6.45, 7) is 5.37. The molecule has 1 N–H and O–H groups in total. The van der Waals surface area contributed by atoms with E-state index in [1.165, 1.54) is 11.8 Å². The average Bonchev–Trinajstić information content (AvgIpc) is 2.60. The first-order chi connectivity index (χ1) is 12.3. The number of aromatic nitrogens is 1. The van der Waals surface area contributed by atoms with Crippen molar-refractivity contribution in [3.05, 3.63) is 59.9 Å². The summed E-state index contributed by atoms with van der Waals surface area (Å²) in [4.78, 5) is 16.7. The predicted molar refractivity (Wildman–Crippen MR) is 104 cm³/mol. The van der Waals surface area contributed by atoms with Crippen LogP contribution in [0.25, 0.3) is 21.9 Å². The number of aryl methyl sites for hydroxylation is 1. The highest BCUT2D eigenvalue weighted by molar-refractivity contribution is 8.01. The number of benzene rings is 2. The van der Waals surface area contributed by atoms with Crippen LogP contribution in [0.15, 0.2) is 53.7 Å². The lowest BCUT2D eigenvalue weighted by Gasteiger charge is -2.19. The SMILES string of the molecule is Cc1cc(C#N)ccc1-c1cncc2ccc(SC(C)(C)C(=O)O)cc12. The van der Waals surface area contributed by atoms with Gasteiger partial charge >= 0.3 is 5.97 Å². The summed E-state index contributed by atoms with van der Waals surface area (Å²) in [7, 11) is 0. The number of carboxylic acid groups (broad SMARTS) is 1. The Morgan fingerprint density at radius 1 is 1.15 bits per heavy atom. The zero-order valence-corrected chi connectivity index (χ0v) is 15.6. The van der Waals surface area contributed by atoms with E-state index in [2.05, 4.69) is 11.1 Å². The van der Waals surface area contributed by atoms with Gasteiger partial charge in [0.2, 0.25) is 0 Å². The van der Waals surface area contributed by atoms with E-state index in [1.807, 2.05) is 43.5 Å². The number of nitrogens with zero attached hydrogens (tertiary/aromatic N) is 2. The molecule has 4 nitrogen and oxygen atoms in total. The molecule has 0 bridgehead atoms. The van der Waals surface area contributed by atoms with Crippen molar-refractivity contribution in [3.63, 3.8) is 0 Å². The largest absolute Gasteiger partial charge is 0.480 e. The predicted octanol–water partition coefficient (Wildman–Crippen LogP) is 5.04. The summed E-state index contributed by atoms with van der Waals surface area (Å²) in [6.07, 6.45) is 3.61. The van der Waals surface area contributed by atoms with Crippen LogP contribution in [0.1, 0.15) is 25.0 Å². The number of thioether (sulfide) groups is 1. The van der Waals surface area contributed by atoms with Gasteiger partial charge in [0.05, 0.1) is 11.6 Å². The fourth-order valence-electron chi connectivity index (χ4n) is 2.79. The van der Waals surface area contributed by atoms with Crippen molar-refractivity contribution in [2.75, 3.05) is 0 Å². The van der Waals surface area contributed by atoms with Gasteiger partial charge in [-0.3, -0.25) is 9.78 Å². The third kappa shape index (κ3) is 3.42. The molecule has 0 aliphatic heterocycles. The highest BCUT2D eigenvalue weighted by Gasteiger charge is 2.28. The van der Waals surface area contributed by atoms with E-state index < -0.39 is 10.7 Å². The van der Waals surface area contributed by atoms with Crippen molar-refractivity contribution in [3.8, 4) is 17.2 Å². The molecule has 0 saturated carbocycles. The Morgan fingerprint density at radius 2 is 1.92 bits per heavy atom. The Labute approximate surface area is 156 Å². The van der Waals surface area contributed by atoms with Gasteiger partial charge in [0, 0.05) is 28.2 Å². The van der Waals surface area contributed by atoms with E-state index >= 15 is 0 Å². The van der Waals surface area contributed by atoms with Gasteiger partial charge in [-0.15, -0.1) is 11.8 Å². The normalized spacial score (nSPS) is 11.3. The van der Waals surface area contributed by atoms with E-state index in [4.69, 9.17) is 5.26 Å². The molecule has 0 spiro atoms. The van der Waals surface area contributed by atoms with Gasteiger partial charge in [0.15, 0.2) is 0 Å². The second kappa shape index (κ2) is 6.81. The van der Waals surface area contributed by atoms with E-state index in [1.54, 1.807) is 26.1 Å². The molecule has 0 radical (unpaired) electrons. The van der Waals surface area contributed by atoms with E-state index in [0.717, 1.165) is 32.4 Å². The standard InChI is InChI=1S/C21H18N2O2S/c1-13-8-14(10-22)4-7-17(13)19-12-23-11-15-5-6-16(9-18(15)19)26-21(2,3)20(24)25/h4-9,11-12H,1-3H3,(H,24,25). The van der Waals surface area contributed by atoms with Crippen LogP contribution in [0.4, 0.5) is 0 Å². The molecule has 3 rings (SSSR count). The lowest BCUT2D eigenvalue weighted by Crippen LogP contribution is -2.26. The van der Waals surface area contributed by atoms with Crippen LogP contribution in [-0.4, -0.2) is 20.8 Å². The number of fused-ring (bicyclic) bond motifs is 1. The Hall–Kier alpha value is -2.84. The summed E-state index contributed by atoms with van der Waals surface area (Å²) < 4.78 is -0.911. The molecule has 0 aliphatic rings. The fraction of sp³-hybridized carbons (Fsp3) is 0.190. The van der Waals surface area contributed by atoms with Gasteiger partial charge in [-0.2, -0.15) is 5.26 Å². The lowest BCUT2D eigenvalue weighted by molar-refractivity contribution is -0.138. The molecular formula is C21H18N2O2S. The van der Waals surface area contributed by atoms with Crippen LogP contribution in [0.2, 0.25) is 0 Å². The Balaban J connectivity index is 2.14. The molecule has 2 aromatic carbocycles. The first-order valence-corrected chi connectivity index (χ1v) is 8.95. The minimum atomic E-state index is -0.911. The molecule has 0 unspecified atom stereocenters. The third-order valence-electron chi connectivity index (χ3n) is 4.27. The minimum Gasteiger partial charge on any atom is -0.480 e. The Bertz CT molecular complexity index is 1050. The summed E-state index contributed by atoms with van der Waals surface area (Å²) in [5.74, 6) is -0.847. The fourth-order valence-corrected chi connectivity index (χ4v) is 3.78. The van der Waals surface area contributed by atoms with Gasteiger partial charge in [-0.1, -0.05) is 12.1 Å². The number of carbonyl (C=O) groups is 1. The summed E-state index contributed by atoms with van der Waals surface area (Å²) in [5.41, 5.74) is 3.61. The molecule has 0 aliphatic carbocycles. The van der Waals surface area contributed by atoms with Gasteiger partial charge < -0.3 is 5.11 Å². The van der Waals surface area contributed by atoms with E-state index in [-0.39, 0.29) is 0 Å². The second-order valence-corrected chi connectivity index (χ2v) is 8.33. The molecule has 130 valence electrons. The van der Waals surface area contributed by atoms with Crippen molar-refractivity contribution < 1.29 is 9.90 Å². The van der Waals surface area contributed by atoms with Crippen molar-refractivity contribution in [1.82, 2.24) is 4.98 Å². The Kier molecular flexibility index (Phi) is 4.71. The van der Waals surface area contributed by atoms with Crippen LogP contribution in [0.3, 0.4) is 0 Å². The van der Waals surface area contributed by atoms with Crippen molar-refractivity contribution >= 4 is 28.5 Å². The third-order valence-corrected chi connectivity index (χ3v) is 5.44. The van der Waals surface area contributed by atoms with Gasteiger partial charge in [-0.25, -0.2) is 0 Å². The molecule has 26 heavy (non-hydrogen) atoms.